The Morgan fingerprint density at radius 3 is 2.48 bits per heavy atom. The van der Waals surface area contributed by atoms with Gasteiger partial charge in [0, 0.05) is 25.3 Å². The Hall–Kier alpha value is -2.50. The highest BCUT2D eigenvalue weighted by molar-refractivity contribution is 5.72. The highest BCUT2D eigenvalue weighted by Gasteiger charge is 2.10. The first-order chi connectivity index (χ1) is 10.9. The zero-order chi connectivity index (χ0) is 17.0. The molecule has 3 nitrogen and oxygen atoms in total. The SMILES string of the molecule is CCN(C)/C=N\c1cc(F)cc(Nc2ccc(F)cc2F)c1C. The summed E-state index contributed by atoms with van der Waals surface area (Å²) in [6.45, 7) is 4.49. The van der Waals surface area contributed by atoms with Gasteiger partial charge < -0.3 is 10.2 Å². The Morgan fingerprint density at radius 2 is 1.83 bits per heavy atom. The van der Waals surface area contributed by atoms with Crippen molar-refractivity contribution in [1.29, 1.82) is 0 Å². The molecule has 0 unspecified atom stereocenters. The molecule has 0 fully saturated rings. The molecule has 2 aromatic carbocycles. The predicted octanol–water partition coefficient (Wildman–Crippen LogP) is 4.77. The first kappa shape index (κ1) is 16.9. The molecule has 0 aliphatic rings. The zero-order valence-electron chi connectivity index (χ0n) is 13.2. The monoisotopic (exact) mass is 321 g/mol. The number of rotatable bonds is 5. The van der Waals surface area contributed by atoms with E-state index in [-0.39, 0.29) is 5.69 Å². The largest absolute Gasteiger partial charge is 0.366 e. The molecule has 2 rings (SSSR count). The average Bonchev–Trinajstić information content (AvgIpc) is 2.51. The van der Waals surface area contributed by atoms with Crippen molar-refractivity contribution in [2.45, 2.75) is 13.8 Å². The molecule has 0 saturated carbocycles. The number of halogens is 3. The summed E-state index contributed by atoms with van der Waals surface area (Å²) < 4.78 is 40.5. The predicted molar refractivity (Wildman–Crippen MR) is 87.2 cm³/mol. The van der Waals surface area contributed by atoms with Gasteiger partial charge in [0.1, 0.15) is 17.5 Å². The molecule has 6 heteroatoms. The van der Waals surface area contributed by atoms with Gasteiger partial charge in [-0.15, -0.1) is 0 Å². The van der Waals surface area contributed by atoms with Crippen LogP contribution in [0.25, 0.3) is 0 Å². The standard InChI is InChI=1S/C17H18F3N3/c1-4-23(3)10-21-16-8-13(19)9-17(11(16)2)22-15-6-5-12(18)7-14(15)20/h5-10,22H,4H2,1-3H3/b21-10-. The molecule has 0 bridgehead atoms. The van der Waals surface area contributed by atoms with Gasteiger partial charge in [-0.25, -0.2) is 18.2 Å². The lowest BCUT2D eigenvalue weighted by molar-refractivity contribution is 0.552. The molecule has 0 aliphatic heterocycles. The lowest BCUT2D eigenvalue weighted by atomic mass is 10.1. The van der Waals surface area contributed by atoms with Crippen LogP contribution in [0, 0.1) is 24.4 Å². The summed E-state index contributed by atoms with van der Waals surface area (Å²) in [5.41, 5.74) is 1.55. The van der Waals surface area contributed by atoms with E-state index in [1.165, 1.54) is 18.2 Å². The van der Waals surface area contributed by atoms with Crippen molar-refractivity contribution in [2.75, 3.05) is 18.9 Å². The Bertz CT molecular complexity index is 729. The van der Waals surface area contributed by atoms with Crippen molar-refractivity contribution in [3.05, 3.63) is 53.3 Å². The van der Waals surface area contributed by atoms with E-state index in [1.54, 1.807) is 13.3 Å². The van der Waals surface area contributed by atoms with Gasteiger partial charge >= 0.3 is 0 Å². The van der Waals surface area contributed by atoms with E-state index in [1.807, 2.05) is 18.9 Å². The maximum atomic E-state index is 13.8. The van der Waals surface area contributed by atoms with Gasteiger partial charge in [-0.1, -0.05) is 0 Å². The van der Waals surface area contributed by atoms with Crippen LogP contribution in [0.3, 0.4) is 0 Å². The number of benzene rings is 2. The van der Waals surface area contributed by atoms with Gasteiger partial charge in [-0.05, 0) is 43.7 Å². The fourth-order valence-electron chi connectivity index (χ4n) is 1.91. The minimum absolute atomic E-state index is 0.0701. The lowest BCUT2D eigenvalue weighted by Crippen LogP contribution is -2.14. The van der Waals surface area contributed by atoms with Gasteiger partial charge in [-0.2, -0.15) is 0 Å². The second-order valence-corrected chi connectivity index (χ2v) is 5.16. The van der Waals surface area contributed by atoms with Crippen LogP contribution in [0.15, 0.2) is 35.3 Å². The minimum atomic E-state index is -0.746. The van der Waals surface area contributed by atoms with E-state index >= 15 is 0 Å². The summed E-state index contributed by atoms with van der Waals surface area (Å²) in [6, 6.07) is 5.73. The molecule has 0 amide bonds. The molecule has 1 N–H and O–H groups in total. The first-order valence-electron chi connectivity index (χ1n) is 7.17. The van der Waals surface area contributed by atoms with Crippen LogP contribution in [0.5, 0.6) is 0 Å². The van der Waals surface area contributed by atoms with Crippen LogP contribution in [-0.4, -0.2) is 24.8 Å². The smallest absolute Gasteiger partial charge is 0.149 e. The Balaban J connectivity index is 2.35. The molecule has 122 valence electrons. The van der Waals surface area contributed by atoms with E-state index in [0.717, 1.165) is 18.7 Å². The van der Waals surface area contributed by atoms with Crippen molar-refractivity contribution in [3.63, 3.8) is 0 Å². The second kappa shape index (κ2) is 7.17. The van der Waals surface area contributed by atoms with E-state index in [4.69, 9.17) is 0 Å². The third-order valence-electron chi connectivity index (χ3n) is 3.44. The van der Waals surface area contributed by atoms with Gasteiger partial charge in [0.05, 0.1) is 17.7 Å². The Morgan fingerprint density at radius 1 is 1.09 bits per heavy atom. The molecule has 23 heavy (non-hydrogen) atoms. The fraction of sp³-hybridized carbons (Fsp3) is 0.235. The number of aliphatic imine (C=N–C) groups is 1. The molecule has 0 aliphatic carbocycles. The van der Waals surface area contributed by atoms with Crippen molar-refractivity contribution < 1.29 is 13.2 Å². The molecule has 0 atom stereocenters. The highest BCUT2D eigenvalue weighted by Crippen LogP contribution is 2.30. The van der Waals surface area contributed by atoms with Crippen LogP contribution >= 0.6 is 0 Å². The highest BCUT2D eigenvalue weighted by atomic mass is 19.1. The van der Waals surface area contributed by atoms with Crippen molar-refractivity contribution in [2.24, 2.45) is 4.99 Å². The molecule has 0 saturated heterocycles. The molecule has 0 radical (unpaired) electrons. The zero-order valence-corrected chi connectivity index (χ0v) is 13.2. The van der Waals surface area contributed by atoms with Gasteiger partial charge in [0.25, 0.3) is 0 Å². The van der Waals surface area contributed by atoms with Crippen molar-refractivity contribution in [1.82, 2.24) is 4.90 Å². The molecule has 2 aromatic rings. The van der Waals surface area contributed by atoms with Crippen LogP contribution in [0.1, 0.15) is 12.5 Å². The summed E-state index contributed by atoms with van der Waals surface area (Å²) in [5.74, 6) is -1.91. The molecular formula is C17H18F3N3. The van der Waals surface area contributed by atoms with Gasteiger partial charge in [0.15, 0.2) is 0 Å². The minimum Gasteiger partial charge on any atom is -0.366 e. The summed E-state index contributed by atoms with van der Waals surface area (Å²) in [4.78, 5) is 6.09. The molecular weight excluding hydrogens is 303 g/mol. The maximum absolute atomic E-state index is 13.8. The number of nitrogens with one attached hydrogen (secondary N) is 1. The van der Waals surface area contributed by atoms with Crippen LogP contribution in [0.4, 0.5) is 30.2 Å². The van der Waals surface area contributed by atoms with Gasteiger partial charge in [0.2, 0.25) is 0 Å². The molecule has 0 spiro atoms. The van der Waals surface area contributed by atoms with E-state index in [9.17, 15) is 13.2 Å². The van der Waals surface area contributed by atoms with Crippen molar-refractivity contribution in [3.8, 4) is 0 Å². The van der Waals surface area contributed by atoms with Gasteiger partial charge in [-0.3, -0.25) is 0 Å². The van der Waals surface area contributed by atoms with E-state index in [0.29, 0.717) is 16.9 Å². The summed E-state index contributed by atoms with van der Waals surface area (Å²) in [5, 5.41) is 2.78. The number of anilines is 2. The number of hydrogen-bond donors (Lipinski definition) is 1. The topological polar surface area (TPSA) is 27.6 Å². The normalized spacial score (nSPS) is 11.0. The molecule has 0 aromatic heterocycles. The molecule has 0 heterocycles. The quantitative estimate of drug-likeness (QED) is 0.635. The fourth-order valence-corrected chi connectivity index (χ4v) is 1.91. The van der Waals surface area contributed by atoms with Crippen molar-refractivity contribution >= 4 is 23.4 Å². The summed E-state index contributed by atoms with van der Waals surface area (Å²) in [6.07, 6.45) is 1.60. The number of nitrogens with zero attached hydrogens (tertiary/aromatic N) is 2. The van der Waals surface area contributed by atoms with E-state index in [2.05, 4.69) is 10.3 Å². The summed E-state index contributed by atoms with van der Waals surface area (Å²) in [7, 11) is 1.85. The number of hydrogen-bond acceptors (Lipinski definition) is 2. The Kier molecular flexibility index (Phi) is 5.26. The maximum Gasteiger partial charge on any atom is 0.149 e. The van der Waals surface area contributed by atoms with E-state index < -0.39 is 17.5 Å². The second-order valence-electron chi connectivity index (χ2n) is 5.16. The van der Waals surface area contributed by atoms with Crippen LogP contribution in [0.2, 0.25) is 0 Å². The average molecular weight is 321 g/mol. The van der Waals surface area contributed by atoms with Crippen LogP contribution < -0.4 is 5.32 Å². The third kappa shape index (κ3) is 4.25. The third-order valence-corrected chi connectivity index (χ3v) is 3.44. The Labute approximate surface area is 133 Å². The summed E-state index contributed by atoms with van der Waals surface area (Å²) >= 11 is 0. The van der Waals surface area contributed by atoms with Crippen LogP contribution in [-0.2, 0) is 0 Å². The lowest BCUT2D eigenvalue weighted by Gasteiger charge is -2.13. The first-order valence-corrected chi connectivity index (χ1v) is 7.17.